The van der Waals surface area contributed by atoms with Crippen LogP contribution in [0, 0.1) is 11.8 Å². The van der Waals surface area contributed by atoms with Crippen molar-refractivity contribution >= 4 is 17.7 Å². The summed E-state index contributed by atoms with van der Waals surface area (Å²) in [4.78, 5) is 14.9. The van der Waals surface area contributed by atoms with E-state index < -0.39 is 0 Å². The zero-order valence-corrected chi connectivity index (χ0v) is 16.8. The monoisotopic (exact) mass is 387 g/mol. The van der Waals surface area contributed by atoms with Crippen LogP contribution in [0.15, 0.2) is 24.3 Å². The summed E-state index contributed by atoms with van der Waals surface area (Å²) in [7, 11) is 1.84. The van der Waals surface area contributed by atoms with Gasteiger partial charge in [-0.2, -0.15) is 0 Å². The van der Waals surface area contributed by atoms with E-state index in [2.05, 4.69) is 40.9 Å². The highest BCUT2D eigenvalue weighted by Gasteiger charge is 2.59. The van der Waals surface area contributed by atoms with Crippen LogP contribution < -0.4 is 0 Å². The van der Waals surface area contributed by atoms with Crippen molar-refractivity contribution in [1.29, 1.82) is 0 Å². The molecule has 3 heterocycles. The van der Waals surface area contributed by atoms with Gasteiger partial charge in [-0.25, -0.2) is 0 Å². The number of methoxy groups -OCH3 is 1. The van der Waals surface area contributed by atoms with E-state index in [-0.39, 0.29) is 18.2 Å². The highest BCUT2D eigenvalue weighted by molar-refractivity contribution is 8.00. The number of ether oxygens (including phenoxy) is 2. The SMILES string of the molecule is CO[C@@H]1CC[C@H](OC(=O)CN2CCCCC2)C2C1[C@H]1S[C@@H]2c2ccccc21. The summed E-state index contributed by atoms with van der Waals surface area (Å²) in [5.41, 5.74) is 2.94. The third-order valence-electron chi connectivity index (χ3n) is 7.03. The average molecular weight is 388 g/mol. The van der Waals surface area contributed by atoms with Crippen molar-refractivity contribution < 1.29 is 14.3 Å². The predicted octanol–water partition coefficient (Wildman–Crippen LogP) is 3.97. The van der Waals surface area contributed by atoms with Crippen LogP contribution in [0.4, 0.5) is 0 Å². The van der Waals surface area contributed by atoms with E-state index in [1.165, 1.54) is 30.4 Å². The van der Waals surface area contributed by atoms with Gasteiger partial charge in [0.05, 0.1) is 12.6 Å². The van der Waals surface area contributed by atoms with Gasteiger partial charge in [0, 0.05) is 29.4 Å². The molecule has 0 N–H and O–H groups in total. The molecule has 0 spiro atoms. The van der Waals surface area contributed by atoms with Crippen molar-refractivity contribution in [2.24, 2.45) is 11.8 Å². The third-order valence-corrected chi connectivity index (χ3v) is 8.75. The molecule has 1 aliphatic carbocycles. The molecule has 4 aliphatic rings. The Morgan fingerprint density at radius 1 is 1.04 bits per heavy atom. The second-order valence-electron chi connectivity index (χ2n) is 8.48. The van der Waals surface area contributed by atoms with E-state index >= 15 is 0 Å². The maximum absolute atomic E-state index is 12.7. The fourth-order valence-corrected chi connectivity index (χ4v) is 7.97. The van der Waals surface area contributed by atoms with Gasteiger partial charge in [-0.05, 0) is 49.9 Å². The van der Waals surface area contributed by atoms with Crippen LogP contribution in [-0.2, 0) is 14.3 Å². The second kappa shape index (κ2) is 7.41. The van der Waals surface area contributed by atoms with E-state index in [1.54, 1.807) is 0 Å². The Bertz CT molecular complexity index is 705. The zero-order valence-electron chi connectivity index (χ0n) is 16.0. The molecule has 3 aliphatic heterocycles. The van der Waals surface area contributed by atoms with Crippen LogP contribution >= 0.6 is 11.8 Å². The molecule has 146 valence electrons. The van der Waals surface area contributed by atoms with E-state index in [9.17, 15) is 4.79 Å². The van der Waals surface area contributed by atoms with E-state index in [0.717, 1.165) is 25.9 Å². The lowest BCUT2D eigenvalue weighted by Crippen LogP contribution is -2.47. The van der Waals surface area contributed by atoms with Gasteiger partial charge >= 0.3 is 5.97 Å². The lowest BCUT2D eigenvalue weighted by atomic mass is 9.66. The molecule has 5 rings (SSSR count). The number of nitrogens with zero attached hydrogens (tertiary/aromatic N) is 1. The molecule has 0 amide bonds. The molecular formula is C22H29NO3S. The first-order valence-corrected chi connectivity index (χ1v) is 11.4. The van der Waals surface area contributed by atoms with Gasteiger partial charge in [0.15, 0.2) is 0 Å². The minimum atomic E-state index is -0.0300. The van der Waals surface area contributed by atoms with Crippen molar-refractivity contribution in [2.45, 2.75) is 54.8 Å². The quantitative estimate of drug-likeness (QED) is 0.731. The largest absolute Gasteiger partial charge is 0.461 e. The first-order valence-electron chi connectivity index (χ1n) is 10.4. The highest BCUT2D eigenvalue weighted by Crippen LogP contribution is 2.70. The van der Waals surface area contributed by atoms with Crippen LogP contribution in [0.2, 0.25) is 0 Å². The number of carbonyl (C=O) groups excluding carboxylic acids is 1. The lowest BCUT2D eigenvalue weighted by molar-refractivity contribution is -0.161. The predicted molar refractivity (Wildman–Crippen MR) is 107 cm³/mol. The van der Waals surface area contributed by atoms with Crippen molar-refractivity contribution in [3.63, 3.8) is 0 Å². The van der Waals surface area contributed by atoms with E-state index in [0.29, 0.717) is 28.9 Å². The number of benzene rings is 1. The second-order valence-corrected chi connectivity index (χ2v) is 9.77. The van der Waals surface area contributed by atoms with Crippen LogP contribution in [-0.4, -0.2) is 49.8 Å². The number of esters is 1. The molecular weight excluding hydrogens is 358 g/mol. The Kier molecular flexibility index (Phi) is 4.95. The summed E-state index contributed by atoms with van der Waals surface area (Å²) in [6.07, 6.45) is 5.93. The summed E-state index contributed by atoms with van der Waals surface area (Å²) < 4.78 is 12.0. The van der Waals surface area contributed by atoms with E-state index in [4.69, 9.17) is 9.47 Å². The summed E-state index contributed by atoms with van der Waals surface area (Å²) >= 11 is 2.07. The number of likely N-dealkylation sites (tertiary alicyclic amines) is 1. The summed E-state index contributed by atoms with van der Waals surface area (Å²) in [6, 6.07) is 8.84. The molecule has 1 saturated carbocycles. The average Bonchev–Trinajstić information content (AvgIpc) is 3.27. The maximum Gasteiger partial charge on any atom is 0.320 e. The lowest BCUT2D eigenvalue weighted by Gasteiger charge is -2.44. The Hall–Kier alpha value is -1.04. The minimum Gasteiger partial charge on any atom is -0.461 e. The number of rotatable bonds is 4. The zero-order chi connectivity index (χ0) is 18.4. The Balaban J connectivity index is 1.34. The van der Waals surface area contributed by atoms with Crippen LogP contribution in [0.25, 0.3) is 0 Å². The molecule has 27 heavy (non-hydrogen) atoms. The molecule has 5 heteroatoms. The molecule has 2 unspecified atom stereocenters. The molecule has 1 aromatic rings. The molecule has 4 nitrogen and oxygen atoms in total. The van der Waals surface area contributed by atoms with Crippen molar-refractivity contribution in [2.75, 3.05) is 26.7 Å². The van der Waals surface area contributed by atoms with Gasteiger partial charge in [0.25, 0.3) is 0 Å². The minimum absolute atomic E-state index is 0.0300. The van der Waals surface area contributed by atoms with Crippen molar-refractivity contribution in [1.82, 2.24) is 4.90 Å². The third kappa shape index (κ3) is 3.12. The van der Waals surface area contributed by atoms with Gasteiger partial charge in [0.1, 0.15) is 6.10 Å². The van der Waals surface area contributed by atoms with Crippen molar-refractivity contribution in [3.8, 4) is 0 Å². The molecule has 6 atom stereocenters. The molecule has 0 aromatic heterocycles. The van der Waals surface area contributed by atoms with Gasteiger partial charge in [0.2, 0.25) is 0 Å². The standard InChI is InChI=1S/C22H29NO3S/c1-25-16-9-10-17(26-18(24)13-23-11-5-2-6-12-23)20-19(16)21-14-7-3-4-8-15(14)22(20)27-21/h3-4,7-8,16-17,19-22H,2,5-6,9-13H2,1H3/t16-,17+,19?,20?,21+,22-/m1/s1. The topological polar surface area (TPSA) is 38.8 Å². The fraction of sp³-hybridized carbons (Fsp3) is 0.682. The number of hydrogen-bond donors (Lipinski definition) is 0. The molecule has 3 fully saturated rings. The fourth-order valence-electron chi connectivity index (χ4n) is 5.85. The number of hydrogen-bond acceptors (Lipinski definition) is 5. The first-order chi connectivity index (χ1) is 13.3. The Labute approximate surface area is 166 Å². The maximum atomic E-state index is 12.7. The van der Waals surface area contributed by atoms with Gasteiger partial charge in [-0.1, -0.05) is 30.7 Å². The van der Waals surface area contributed by atoms with Gasteiger partial charge in [-0.3, -0.25) is 9.69 Å². The summed E-state index contributed by atoms with van der Waals surface area (Å²) in [5.74, 6) is 0.818. The summed E-state index contributed by atoms with van der Waals surface area (Å²) in [6.45, 7) is 2.52. The number of carbonyl (C=O) groups is 1. The van der Waals surface area contributed by atoms with Crippen LogP contribution in [0.3, 0.4) is 0 Å². The summed E-state index contributed by atoms with van der Waals surface area (Å²) in [5, 5.41) is 0.937. The Morgan fingerprint density at radius 2 is 1.67 bits per heavy atom. The normalized spacial score (nSPS) is 37.7. The molecule has 0 radical (unpaired) electrons. The number of piperidine rings is 1. The van der Waals surface area contributed by atoms with Crippen molar-refractivity contribution in [3.05, 3.63) is 35.4 Å². The van der Waals surface area contributed by atoms with Crippen LogP contribution in [0.1, 0.15) is 53.7 Å². The number of fused-ring (bicyclic) bond motifs is 8. The molecule has 2 saturated heterocycles. The van der Waals surface area contributed by atoms with E-state index in [1.807, 2.05) is 7.11 Å². The number of thioether (sulfide) groups is 1. The first kappa shape index (κ1) is 18.0. The van der Waals surface area contributed by atoms with Gasteiger partial charge in [-0.15, -0.1) is 11.8 Å². The Morgan fingerprint density at radius 3 is 2.33 bits per heavy atom. The molecule has 1 aromatic carbocycles. The molecule has 2 bridgehead atoms. The highest BCUT2D eigenvalue weighted by atomic mass is 32.2. The van der Waals surface area contributed by atoms with Crippen LogP contribution in [0.5, 0.6) is 0 Å². The van der Waals surface area contributed by atoms with Gasteiger partial charge < -0.3 is 9.47 Å². The smallest absolute Gasteiger partial charge is 0.320 e.